The number of phosphoric ester groups is 1. The summed E-state index contributed by atoms with van der Waals surface area (Å²) in [6.07, 6.45) is 92.0. The van der Waals surface area contributed by atoms with Gasteiger partial charge in [-0.2, -0.15) is 0 Å². The molecule has 0 aromatic rings. The Kier molecular flexibility index (Phi) is 65.2. The van der Waals surface area contributed by atoms with Crippen LogP contribution in [0.1, 0.15) is 367 Å². The van der Waals surface area contributed by atoms with Gasteiger partial charge in [-0.25, -0.2) is 4.57 Å². The Labute approximate surface area is 530 Å². The second kappa shape index (κ2) is 66.6. The van der Waals surface area contributed by atoms with Crippen LogP contribution >= 0.6 is 7.82 Å². The van der Waals surface area contributed by atoms with Crippen LogP contribution < -0.4 is 5.32 Å². The molecule has 500 valence electrons. The molecule has 0 radical (unpaired) electrons. The van der Waals surface area contributed by atoms with E-state index in [1.54, 1.807) is 0 Å². The molecule has 3 N–H and O–H groups in total. The Morgan fingerprint density at radius 2 is 0.706 bits per heavy atom. The maximum absolute atomic E-state index is 13.1. The standard InChI is InChI=1S/C76H145N2O6P/c1-6-8-10-12-14-16-18-20-22-24-26-28-30-31-32-33-34-35-36-37-38-39-40-41-42-43-44-45-46-47-48-50-52-54-56-58-60-62-64-66-68-70-76(80)77-74(73-84-85(81,82)83-72-71-78(3,4)5)75(79)69-67-65-63-61-59-57-55-53-51-49-29-27-25-23-21-19-17-15-13-11-9-7-2/h8,10,14,16,20,22,26,28,31-32,74-75,79H,6-7,9,11-13,15,17-19,21,23-25,27,29-30,33-73H2,1-5H3,(H-,77,80,81,82)/p+1/b10-8-,16-14-,22-20-,28-26-,32-31-. The first-order valence-electron chi connectivity index (χ1n) is 37.2. The number of nitrogens with zero attached hydrogens (tertiary/aromatic N) is 1. The molecule has 1 amide bonds. The summed E-state index contributed by atoms with van der Waals surface area (Å²) in [5, 5.41) is 14.2. The highest BCUT2D eigenvalue weighted by Crippen LogP contribution is 2.43. The van der Waals surface area contributed by atoms with Gasteiger partial charge in [0.05, 0.1) is 39.9 Å². The largest absolute Gasteiger partial charge is 0.472 e. The van der Waals surface area contributed by atoms with E-state index in [-0.39, 0.29) is 19.1 Å². The van der Waals surface area contributed by atoms with Crippen LogP contribution in [0.15, 0.2) is 60.8 Å². The molecule has 0 saturated heterocycles. The van der Waals surface area contributed by atoms with Gasteiger partial charge in [0.1, 0.15) is 13.2 Å². The van der Waals surface area contributed by atoms with Crippen molar-refractivity contribution >= 4 is 13.7 Å². The SMILES string of the molecule is CC/C=C\C/C=C\C/C=C\C/C=C\C/C=C\CCCCCCCCCCCCCCCCCCCCCCCCCCCC(=O)NC(COP(=O)(O)OCC[N+](C)(C)C)C(O)CCCCCCCCCCCCCCCCCCCCCCCC. The van der Waals surface area contributed by atoms with Crippen molar-refractivity contribution in [3.05, 3.63) is 60.8 Å². The minimum atomic E-state index is -4.33. The second-order valence-corrected chi connectivity index (χ2v) is 28.1. The first kappa shape index (κ1) is 83.2. The molecule has 3 unspecified atom stereocenters. The number of aliphatic hydroxyl groups is 1. The van der Waals surface area contributed by atoms with Crippen LogP contribution in [0.3, 0.4) is 0 Å². The summed E-state index contributed by atoms with van der Waals surface area (Å²) in [5.74, 6) is -0.136. The molecule has 8 nitrogen and oxygen atoms in total. The molecule has 3 atom stereocenters. The van der Waals surface area contributed by atoms with Crippen molar-refractivity contribution in [3.63, 3.8) is 0 Å². The fourth-order valence-electron chi connectivity index (χ4n) is 11.3. The highest BCUT2D eigenvalue weighted by molar-refractivity contribution is 7.47. The number of carbonyl (C=O) groups is 1. The molecule has 0 aliphatic rings. The van der Waals surface area contributed by atoms with E-state index in [9.17, 15) is 19.4 Å². The van der Waals surface area contributed by atoms with Crippen LogP contribution in [-0.2, 0) is 18.4 Å². The van der Waals surface area contributed by atoms with Gasteiger partial charge in [-0.1, -0.05) is 364 Å². The summed E-state index contributed by atoms with van der Waals surface area (Å²) in [7, 11) is 1.63. The average molecular weight is 1210 g/mol. The third kappa shape index (κ3) is 69.5. The Balaban J connectivity index is 3.89. The first-order valence-corrected chi connectivity index (χ1v) is 38.6. The number of carbonyl (C=O) groups excluding carboxylic acids is 1. The molecule has 0 bridgehead atoms. The summed E-state index contributed by atoms with van der Waals surface area (Å²) < 4.78 is 23.9. The van der Waals surface area contributed by atoms with Crippen molar-refractivity contribution in [2.75, 3.05) is 40.9 Å². The van der Waals surface area contributed by atoms with Crippen LogP contribution in [0.4, 0.5) is 0 Å². The van der Waals surface area contributed by atoms with Crippen molar-refractivity contribution in [1.29, 1.82) is 0 Å². The topological polar surface area (TPSA) is 105 Å². The number of rotatable bonds is 69. The summed E-state index contributed by atoms with van der Waals surface area (Å²) >= 11 is 0. The maximum Gasteiger partial charge on any atom is 0.472 e. The van der Waals surface area contributed by atoms with E-state index in [1.807, 2.05) is 21.1 Å². The number of hydrogen-bond donors (Lipinski definition) is 3. The van der Waals surface area contributed by atoms with Gasteiger partial charge >= 0.3 is 7.82 Å². The fourth-order valence-corrected chi connectivity index (χ4v) is 12.1. The highest BCUT2D eigenvalue weighted by atomic mass is 31.2. The van der Waals surface area contributed by atoms with Gasteiger partial charge in [-0.3, -0.25) is 13.8 Å². The zero-order valence-corrected chi connectivity index (χ0v) is 58.3. The number of amides is 1. The molecule has 0 aromatic heterocycles. The fraction of sp³-hybridized carbons (Fsp3) is 0.855. The van der Waals surface area contributed by atoms with E-state index in [0.29, 0.717) is 23.9 Å². The highest BCUT2D eigenvalue weighted by Gasteiger charge is 2.28. The smallest absolute Gasteiger partial charge is 0.391 e. The zero-order valence-electron chi connectivity index (χ0n) is 57.4. The Morgan fingerprint density at radius 3 is 1.04 bits per heavy atom. The predicted molar refractivity (Wildman–Crippen MR) is 374 cm³/mol. The van der Waals surface area contributed by atoms with Gasteiger partial charge in [-0.15, -0.1) is 0 Å². The van der Waals surface area contributed by atoms with Gasteiger partial charge in [0.15, 0.2) is 0 Å². The third-order valence-electron chi connectivity index (χ3n) is 17.0. The Bertz CT molecular complexity index is 1570. The van der Waals surface area contributed by atoms with Crippen molar-refractivity contribution in [2.45, 2.75) is 379 Å². The summed E-state index contributed by atoms with van der Waals surface area (Å²) in [6.45, 7) is 4.83. The van der Waals surface area contributed by atoms with Crippen LogP contribution in [0.25, 0.3) is 0 Å². The molecule has 0 fully saturated rings. The number of phosphoric acid groups is 1. The number of unbranched alkanes of at least 4 members (excludes halogenated alkanes) is 46. The lowest BCUT2D eigenvalue weighted by Crippen LogP contribution is -2.46. The number of allylic oxidation sites excluding steroid dienone is 10. The number of quaternary nitrogens is 1. The number of hydrogen-bond acceptors (Lipinski definition) is 5. The Morgan fingerprint density at radius 1 is 0.412 bits per heavy atom. The molecular formula is C76H146N2O6P+. The van der Waals surface area contributed by atoms with Crippen molar-refractivity contribution in [3.8, 4) is 0 Å². The molecule has 0 rings (SSSR count). The first-order chi connectivity index (χ1) is 41.5. The number of aliphatic hydroxyl groups excluding tert-OH is 1. The monoisotopic (exact) mass is 1210 g/mol. The van der Waals surface area contributed by atoms with Crippen LogP contribution in [0.5, 0.6) is 0 Å². The molecule has 9 heteroatoms. The molecule has 0 heterocycles. The molecule has 0 aromatic carbocycles. The molecule has 0 saturated carbocycles. The zero-order chi connectivity index (χ0) is 61.9. The number of nitrogens with one attached hydrogen (secondary N) is 1. The van der Waals surface area contributed by atoms with Gasteiger partial charge in [0, 0.05) is 6.42 Å². The van der Waals surface area contributed by atoms with Crippen molar-refractivity contribution in [1.82, 2.24) is 5.32 Å². The van der Waals surface area contributed by atoms with Gasteiger partial charge < -0.3 is 19.8 Å². The van der Waals surface area contributed by atoms with Gasteiger partial charge in [-0.05, 0) is 57.8 Å². The van der Waals surface area contributed by atoms with Crippen LogP contribution in [0, 0.1) is 0 Å². The lowest BCUT2D eigenvalue weighted by atomic mass is 10.0. The molecule has 85 heavy (non-hydrogen) atoms. The second-order valence-electron chi connectivity index (χ2n) is 26.7. The summed E-state index contributed by atoms with van der Waals surface area (Å²) in [4.78, 5) is 23.5. The van der Waals surface area contributed by atoms with E-state index < -0.39 is 20.0 Å². The van der Waals surface area contributed by atoms with Gasteiger partial charge in [0.2, 0.25) is 5.91 Å². The lowest BCUT2D eigenvalue weighted by molar-refractivity contribution is -0.870. The molecule has 0 spiro atoms. The summed E-state index contributed by atoms with van der Waals surface area (Å²) in [5.41, 5.74) is 0. The number of likely N-dealkylation sites (N-methyl/N-ethyl adjacent to an activating group) is 1. The van der Waals surface area contributed by atoms with Crippen LogP contribution in [-0.4, -0.2) is 73.4 Å². The quantitative estimate of drug-likeness (QED) is 0.0243. The van der Waals surface area contributed by atoms with Gasteiger partial charge in [0.25, 0.3) is 0 Å². The summed E-state index contributed by atoms with van der Waals surface area (Å²) in [6, 6.07) is -0.761. The predicted octanol–water partition coefficient (Wildman–Crippen LogP) is 23.9. The van der Waals surface area contributed by atoms with E-state index in [0.717, 1.165) is 70.6 Å². The van der Waals surface area contributed by atoms with Crippen molar-refractivity contribution < 1.29 is 32.9 Å². The van der Waals surface area contributed by atoms with Crippen LogP contribution in [0.2, 0.25) is 0 Å². The van der Waals surface area contributed by atoms with E-state index in [2.05, 4.69) is 79.9 Å². The average Bonchev–Trinajstić information content (AvgIpc) is 3.48. The third-order valence-corrected chi connectivity index (χ3v) is 18.0. The molecule has 0 aliphatic carbocycles. The molecule has 0 aliphatic heterocycles. The minimum Gasteiger partial charge on any atom is -0.391 e. The normalized spacial score (nSPS) is 13.9. The Hall–Kier alpha value is -1.80. The lowest BCUT2D eigenvalue weighted by Gasteiger charge is -2.26. The van der Waals surface area contributed by atoms with E-state index in [4.69, 9.17) is 9.05 Å². The minimum absolute atomic E-state index is 0.0766. The van der Waals surface area contributed by atoms with Crippen molar-refractivity contribution in [2.24, 2.45) is 0 Å². The van der Waals surface area contributed by atoms with E-state index in [1.165, 1.54) is 270 Å². The van der Waals surface area contributed by atoms with E-state index >= 15 is 0 Å². The maximum atomic E-state index is 13.1. The molecular weight excluding hydrogens is 1070 g/mol.